The molecular formula is C31H46N6O2. The first-order valence-electron chi connectivity index (χ1n) is 14.3. The fraction of sp³-hybridized carbons (Fsp3) is 0.516. The molecule has 0 saturated heterocycles. The van der Waals surface area contributed by atoms with E-state index in [1.807, 2.05) is 35.2 Å². The summed E-state index contributed by atoms with van der Waals surface area (Å²) in [5.74, 6) is 1.76. The van der Waals surface area contributed by atoms with E-state index in [4.69, 9.17) is 4.98 Å². The van der Waals surface area contributed by atoms with Gasteiger partial charge in [0.2, 0.25) is 5.95 Å². The van der Waals surface area contributed by atoms with E-state index >= 15 is 0 Å². The molecule has 0 radical (unpaired) electrons. The smallest absolute Gasteiger partial charge is 0.253 e. The third kappa shape index (κ3) is 8.55. The largest absolute Gasteiger partial charge is 0.355 e. The predicted octanol–water partition coefficient (Wildman–Crippen LogP) is 5.67. The highest BCUT2D eigenvalue weighted by atomic mass is 16.2. The summed E-state index contributed by atoms with van der Waals surface area (Å²) in [5, 5.41) is 9.46. The molecule has 8 nitrogen and oxygen atoms in total. The zero-order valence-corrected chi connectivity index (χ0v) is 24.5. The molecule has 2 amide bonds. The molecule has 3 rings (SSSR count). The van der Waals surface area contributed by atoms with E-state index in [1.54, 1.807) is 19.2 Å². The molecule has 1 aromatic heterocycles. The van der Waals surface area contributed by atoms with Crippen LogP contribution >= 0.6 is 0 Å². The molecule has 0 aliphatic carbocycles. The summed E-state index contributed by atoms with van der Waals surface area (Å²) in [6, 6.07) is 13.2. The maximum Gasteiger partial charge on any atom is 0.253 e. The van der Waals surface area contributed by atoms with Crippen molar-refractivity contribution >= 4 is 34.5 Å². The molecule has 0 fully saturated rings. The van der Waals surface area contributed by atoms with Crippen LogP contribution in [0.2, 0.25) is 0 Å². The molecule has 1 heterocycles. The summed E-state index contributed by atoms with van der Waals surface area (Å²) in [4.78, 5) is 32.5. The molecule has 8 heteroatoms. The molecule has 0 spiro atoms. The van der Waals surface area contributed by atoms with Crippen LogP contribution in [0.5, 0.6) is 0 Å². The van der Waals surface area contributed by atoms with Gasteiger partial charge in [0.1, 0.15) is 0 Å². The molecule has 39 heavy (non-hydrogen) atoms. The van der Waals surface area contributed by atoms with Gasteiger partial charge in [0.25, 0.3) is 11.8 Å². The number of imidazole rings is 1. The molecule has 3 N–H and O–H groups in total. The number of anilines is 2. The lowest BCUT2D eigenvalue weighted by Gasteiger charge is -2.24. The van der Waals surface area contributed by atoms with E-state index in [-0.39, 0.29) is 11.8 Å². The number of hydrogen-bond donors (Lipinski definition) is 3. The summed E-state index contributed by atoms with van der Waals surface area (Å²) in [6.07, 6.45) is 2.90. The summed E-state index contributed by atoms with van der Waals surface area (Å²) in [6.45, 7) is 15.0. The van der Waals surface area contributed by atoms with Crippen molar-refractivity contribution in [3.8, 4) is 0 Å². The maximum atomic E-state index is 13.7. The van der Waals surface area contributed by atoms with Crippen LogP contribution in [0.1, 0.15) is 74.6 Å². The molecule has 0 atom stereocenters. The van der Waals surface area contributed by atoms with E-state index in [0.717, 1.165) is 74.7 Å². The molecule has 0 saturated carbocycles. The zero-order chi connectivity index (χ0) is 28.4. The predicted molar refractivity (Wildman–Crippen MR) is 161 cm³/mol. The molecule has 0 aliphatic heterocycles. The minimum absolute atomic E-state index is 0.0814. The van der Waals surface area contributed by atoms with E-state index in [2.05, 4.69) is 55.1 Å². The van der Waals surface area contributed by atoms with Gasteiger partial charge in [0.15, 0.2) is 0 Å². The van der Waals surface area contributed by atoms with Gasteiger partial charge in [-0.2, -0.15) is 0 Å². The van der Waals surface area contributed by atoms with Crippen molar-refractivity contribution in [2.75, 3.05) is 38.5 Å². The summed E-state index contributed by atoms with van der Waals surface area (Å²) in [7, 11) is 1.62. The van der Waals surface area contributed by atoms with Gasteiger partial charge in [-0.25, -0.2) is 4.98 Å². The molecular weight excluding hydrogens is 488 g/mol. The van der Waals surface area contributed by atoms with Gasteiger partial charge in [-0.05, 0) is 86.7 Å². The molecule has 0 unspecified atom stereocenters. The van der Waals surface area contributed by atoms with Crippen LogP contribution in [0.4, 0.5) is 11.6 Å². The molecule has 0 aliphatic rings. The Bertz CT molecular complexity index is 1200. The number of carbonyl (C=O) groups is 2. The highest BCUT2D eigenvalue weighted by molar-refractivity contribution is 5.98. The third-order valence-corrected chi connectivity index (χ3v) is 6.85. The Labute approximate surface area is 233 Å². The van der Waals surface area contributed by atoms with Crippen LogP contribution in [-0.4, -0.2) is 59.5 Å². The minimum atomic E-state index is -0.120. The first kappa shape index (κ1) is 30.2. The normalized spacial score (nSPS) is 11.4. The Morgan fingerprint density at radius 1 is 0.949 bits per heavy atom. The highest BCUT2D eigenvalue weighted by Gasteiger charge is 2.19. The summed E-state index contributed by atoms with van der Waals surface area (Å²) < 4.78 is 2.16. The maximum absolute atomic E-state index is 13.7. The number of nitrogens with one attached hydrogen (secondary N) is 3. The van der Waals surface area contributed by atoms with E-state index in [9.17, 15) is 9.59 Å². The molecule has 212 valence electrons. The zero-order valence-electron chi connectivity index (χ0n) is 24.5. The van der Waals surface area contributed by atoms with E-state index < -0.39 is 0 Å². The summed E-state index contributed by atoms with van der Waals surface area (Å²) in [5.41, 5.74) is 3.93. The highest BCUT2D eigenvalue weighted by Crippen LogP contribution is 2.25. The van der Waals surface area contributed by atoms with Gasteiger partial charge in [-0.1, -0.05) is 34.6 Å². The van der Waals surface area contributed by atoms with Gasteiger partial charge < -0.3 is 25.4 Å². The second-order valence-corrected chi connectivity index (χ2v) is 10.9. The van der Waals surface area contributed by atoms with E-state index in [1.165, 1.54) is 0 Å². The monoisotopic (exact) mass is 534 g/mol. The Morgan fingerprint density at radius 2 is 1.59 bits per heavy atom. The number of rotatable bonds is 15. The van der Waals surface area contributed by atoms with Gasteiger partial charge in [0, 0.05) is 43.5 Å². The standard InChI is InChI=1S/C31H46N6O2/c1-7-33-17-8-18-37-28-21-25(30(39)36(19-15-22(2)3)20-16-23(4)5)11-14-27(28)35-31(37)34-26-12-9-24(10-13-26)29(38)32-6/h9-14,21-23,33H,7-8,15-20H2,1-6H3,(H,32,38)(H,34,35). The van der Waals surface area contributed by atoms with Crippen LogP contribution < -0.4 is 16.0 Å². The molecule has 3 aromatic rings. The quantitative estimate of drug-likeness (QED) is 0.219. The Morgan fingerprint density at radius 3 is 2.18 bits per heavy atom. The summed E-state index contributed by atoms with van der Waals surface area (Å²) >= 11 is 0. The van der Waals surface area contributed by atoms with Crippen molar-refractivity contribution in [2.45, 2.75) is 60.4 Å². The minimum Gasteiger partial charge on any atom is -0.355 e. The number of aryl methyl sites for hydroxylation is 1. The van der Waals surface area contributed by atoms with Gasteiger partial charge in [-0.15, -0.1) is 0 Å². The van der Waals surface area contributed by atoms with Gasteiger partial charge >= 0.3 is 0 Å². The van der Waals surface area contributed by atoms with Crippen LogP contribution in [-0.2, 0) is 6.54 Å². The van der Waals surface area contributed by atoms with Crippen LogP contribution in [0.25, 0.3) is 11.0 Å². The number of hydrogen-bond acceptors (Lipinski definition) is 5. The van der Waals surface area contributed by atoms with Crippen molar-refractivity contribution in [2.24, 2.45) is 11.8 Å². The van der Waals surface area contributed by atoms with E-state index in [0.29, 0.717) is 23.0 Å². The Hall–Kier alpha value is -3.39. The van der Waals surface area contributed by atoms with Crippen LogP contribution in [0.15, 0.2) is 42.5 Å². The number of fused-ring (bicyclic) bond motifs is 1. The molecule has 2 aromatic carbocycles. The Kier molecular flexibility index (Phi) is 11.3. The van der Waals surface area contributed by atoms with Crippen molar-refractivity contribution in [1.29, 1.82) is 0 Å². The molecule has 0 bridgehead atoms. The number of carbonyl (C=O) groups excluding carboxylic acids is 2. The van der Waals surface area contributed by atoms with Gasteiger partial charge in [-0.3, -0.25) is 9.59 Å². The number of aromatic nitrogens is 2. The lowest BCUT2D eigenvalue weighted by Crippen LogP contribution is -2.34. The van der Waals surface area contributed by atoms with Gasteiger partial charge in [0.05, 0.1) is 11.0 Å². The third-order valence-electron chi connectivity index (χ3n) is 6.85. The lowest BCUT2D eigenvalue weighted by atomic mass is 10.1. The van der Waals surface area contributed by atoms with Crippen LogP contribution in [0, 0.1) is 11.8 Å². The average molecular weight is 535 g/mol. The average Bonchev–Trinajstić information content (AvgIpc) is 3.26. The lowest BCUT2D eigenvalue weighted by molar-refractivity contribution is 0.0740. The van der Waals surface area contributed by atoms with Crippen LogP contribution in [0.3, 0.4) is 0 Å². The van der Waals surface area contributed by atoms with Crippen molar-refractivity contribution < 1.29 is 9.59 Å². The number of amides is 2. The van der Waals surface area contributed by atoms with Crippen molar-refractivity contribution in [3.63, 3.8) is 0 Å². The SMILES string of the molecule is CCNCCCn1c(Nc2ccc(C(=O)NC)cc2)nc2ccc(C(=O)N(CCC(C)C)CCC(C)C)cc21. The topological polar surface area (TPSA) is 91.3 Å². The fourth-order valence-corrected chi connectivity index (χ4v) is 4.42. The number of nitrogens with zero attached hydrogens (tertiary/aromatic N) is 3. The van der Waals surface area contributed by atoms with Crippen molar-refractivity contribution in [3.05, 3.63) is 53.6 Å². The second-order valence-electron chi connectivity index (χ2n) is 10.9. The van der Waals surface area contributed by atoms with Crippen molar-refractivity contribution in [1.82, 2.24) is 25.1 Å². The number of benzene rings is 2. The fourth-order valence-electron chi connectivity index (χ4n) is 4.42. The second kappa shape index (κ2) is 14.7. The first-order valence-corrected chi connectivity index (χ1v) is 14.3. The first-order chi connectivity index (χ1) is 18.7. The Balaban J connectivity index is 1.93.